The van der Waals surface area contributed by atoms with E-state index in [0.717, 1.165) is 5.56 Å². The zero-order chi connectivity index (χ0) is 20.9. The van der Waals surface area contributed by atoms with E-state index in [1.165, 1.54) is 34.1 Å². The van der Waals surface area contributed by atoms with Gasteiger partial charge in [-0.05, 0) is 48.2 Å². The molecule has 154 valence electrons. The molecule has 0 unspecified atom stereocenters. The van der Waals surface area contributed by atoms with Crippen LogP contribution < -0.4 is 10.6 Å². The highest BCUT2D eigenvalue weighted by atomic mass is 32.2. The van der Waals surface area contributed by atoms with Crippen LogP contribution in [0, 0.1) is 0 Å². The van der Waals surface area contributed by atoms with Gasteiger partial charge in [-0.1, -0.05) is 24.3 Å². The summed E-state index contributed by atoms with van der Waals surface area (Å²) in [5, 5.41) is 5.26. The molecule has 2 N–H and O–H groups in total. The molecule has 0 atom stereocenters. The minimum absolute atomic E-state index is 0.0749. The third-order valence-electron chi connectivity index (χ3n) is 4.99. The predicted octanol–water partition coefficient (Wildman–Crippen LogP) is 1.69. The number of benzene rings is 2. The number of carbonyl (C=O) groups is 2. The van der Waals surface area contributed by atoms with Crippen molar-refractivity contribution in [2.75, 3.05) is 20.1 Å². The van der Waals surface area contributed by atoms with Gasteiger partial charge in [0.25, 0.3) is 5.91 Å². The first kappa shape index (κ1) is 21.0. The van der Waals surface area contributed by atoms with Gasteiger partial charge in [0.1, 0.15) is 0 Å². The molecule has 3 rings (SSSR count). The molecule has 1 heterocycles. The summed E-state index contributed by atoms with van der Waals surface area (Å²) in [7, 11) is -2.05. The molecule has 2 amide bonds. The van der Waals surface area contributed by atoms with E-state index in [0.29, 0.717) is 44.5 Å². The van der Waals surface area contributed by atoms with Gasteiger partial charge in [0.05, 0.1) is 4.90 Å². The Labute approximate surface area is 171 Å². The SMILES string of the molecule is CNC(=O)CCCNC(=O)c1ccc(S(=O)(=O)N2CCc3ccccc3C2)cc1. The van der Waals surface area contributed by atoms with E-state index < -0.39 is 10.0 Å². The van der Waals surface area contributed by atoms with Crippen molar-refractivity contribution in [1.82, 2.24) is 14.9 Å². The summed E-state index contributed by atoms with van der Waals surface area (Å²) in [6, 6.07) is 13.8. The lowest BCUT2D eigenvalue weighted by Gasteiger charge is -2.28. The molecule has 0 radical (unpaired) electrons. The van der Waals surface area contributed by atoms with Crippen molar-refractivity contribution in [3.8, 4) is 0 Å². The molecule has 0 aliphatic carbocycles. The van der Waals surface area contributed by atoms with Crippen molar-refractivity contribution in [2.45, 2.75) is 30.7 Å². The van der Waals surface area contributed by atoms with Gasteiger partial charge in [0.15, 0.2) is 0 Å². The molecule has 1 aliphatic heterocycles. The van der Waals surface area contributed by atoms with Crippen molar-refractivity contribution >= 4 is 21.8 Å². The van der Waals surface area contributed by atoms with Gasteiger partial charge in [0.2, 0.25) is 15.9 Å². The highest BCUT2D eigenvalue weighted by Gasteiger charge is 2.28. The van der Waals surface area contributed by atoms with E-state index in [-0.39, 0.29) is 16.7 Å². The molecule has 0 saturated heterocycles. The third kappa shape index (κ3) is 5.02. The molecule has 0 aromatic heterocycles. The Balaban J connectivity index is 1.62. The van der Waals surface area contributed by atoms with Crippen molar-refractivity contribution in [1.29, 1.82) is 0 Å². The number of carbonyl (C=O) groups excluding carboxylic acids is 2. The number of hydrogen-bond acceptors (Lipinski definition) is 4. The molecule has 8 heteroatoms. The second-order valence-electron chi connectivity index (χ2n) is 6.91. The van der Waals surface area contributed by atoms with E-state index in [1.807, 2.05) is 24.3 Å². The van der Waals surface area contributed by atoms with Crippen LogP contribution in [-0.4, -0.2) is 44.7 Å². The van der Waals surface area contributed by atoms with Crippen LogP contribution in [0.3, 0.4) is 0 Å². The molecule has 2 aromatic carbocycles. The molecule has 2 aromatic rings. The van der Waals surface area contributed by atoms with Gasteiger partial charge in [-0.25, -0.2) is 8.42 Å². The quantitative estimate of drug-likeness (QED) is 0.673. The molecular formula is C21H25N3O4S. The molecule has 1 aliphatic rings. The summed E-state index contributed by atoms with van der Waals surface area (Å²) in [6.45, 7) is 1.17. The van der Waals surface area contributed by atoms with Crippen molar-refractivity contribution in [3.05, 3.63) is 65.2 Å². The number of sulfonamides is 1. The van der Waals surface area contributed by atoms with Gasteiger partial charge in [-0.2, -0.15) is 4.31 Å². The van der Waals surface area contributed by atoms with Crippen LogP contribution in [-0.2, 0) is 27.8 Å². The summed E-state index contributed by atoms with van der Waals surface area (Å²) >= 11 is 0. The topological polar surface area (TPSA) is 95.6 Å². The first-order valence-electron chi connectivity index (χ1n) is 9.57. The van der Waals surface area contributed by atoms with E-state index in [2.05, 4.69) is 10.6 Å². The van der Waals surface area contributed by atoms with Crippen molar-refractivity contribution in [3.63, 3.8) is 0 Å². The summed E-state index contributed by atoms with van der Waals surface area (Å²) in [4.78, 5) is 23.5. The Hall–Kier alpha value is -2.71. The molecular weight excluding hydrogens is 390 g/mol. The Kier molecular flexibility index (Phi) is 6.66. The summed E-state index contributed by atoms with van der Waals surface area (Å²) in [5.41, 5.74) is 2.59. The highest BCUT2D eigenvalue weighted by molar-refractivity contribution is 7.89. The lowest BCUT2D eigenvalue weighted by atomic mass is 10.0. The summed E-state index contributed by atoms with van der Waals surface area (Å²) < 4.78 is 27.4. The molecule has 0 bridgehead atoms. The molecule has 29 heavy (non-hydrogen) atoms. The van der Waals surface area contributed by atoms with Gasteiger partial charge >= 0.3 is 0 Å². The first-order valence-corrected chi connectivity index (χ1v) is 11.0. The number of amides is 2. The zero-order valence-corrected chi connectivity index (χ0v) is 17.2. The Bertz CT molecular complexity index is 987. The monoisotopic (exact) mass is 415 g/mol. The number of rotatable bonds is 7. The maximum absolute atomic E-state index is 13.0. The number of nitrogens with one attached hydrogen (secondary N) is 2. The third-order valence-corrected chi connectivity index (χ3v) is 6.85. The van der Waals surface area contributed by atoms with Crippen LogP contribution in [0.4, 0.5) is 0 Å². The van der Waals surface area contributed by atoms with Gasteiger partial charge in [0, 0.05) is 38.7 Å². The largest absolute Gasteiger partial charge is 0.359 e. The first-order chi connectivity index (χ1) is 13.9. The van der Waals surface area contributed by atoms with Crippen LogP contribution in [0.15, 0.2) is 53.4 Å². The average Bonchev–Trinajstić information content (AvgIpc) is 2.76. The number of hydrogen-bond donors (Lipinski definition) is 2. The van der Waals surface area contributed by atoms with E-state index in [9.17, 15) is 18.0 Å². The zero-order valence-electron chi connectivity index (χ0n) is 16.3. The molecule has 0 spiro atoms. The fourth-order valence-corrected chi connectivity index (χ4v) is 4.70. The van der Waals surface area contributed by atoms with E-state index in [4.69, 9.17) is 0 Å². The predicted molar refractivity (Wildman–Crippen MR) is 110 cm³/mol. The average molecular weight is 416 g/mol. The van der Waals surface area contributed by atoms with Crippen molar-refractivity contribution < 1.29 is 18.0 Å². The number of fused-ring (bicyclic) bond motifs is 1. The van der Waals surface area contributed by atoms with Gasteiger partial charge in [-0.3, -0.25) is 9.59 Å². The Morgan fingerprint density at radius 1 is 1.03 bits per heavy atom. The Morgan fingerprint density at radius 2 is 1.72 bits per heavy atom. The smallest absolute Gasteiger partial charge is 0.251 e. The van der Waals surface area contributed by atoms with Crippen LogP contribution in [0.5, 0.6) is 0 Å². The minimum Gasteiger partial charge on any atom is -0.359 e. The lowest BCUT2D eigenvalue weighted by Crippen LogP contribution is -2.36. The maximum Gasteiger partial charge on any atom is 0.251 e. The second kappa shape index (κ2) is 9.19. The van der Waals surface area contributed by atoms with E-state index >= 15 is 0 Å². The lowest BCUT2D eigenvalue weighted by molar-refractivity contribution is -0.120. The number of nitrogens with zero attached hydrogens (tertiary/aromatic N) is 1. The van der Waals surface area contributed by atoms with E-state index in [1.54, 1.807) is 7.05 Å². The molecule has 0 saturated carbocycles. The standard InChI is InChI=1S/C21H25N3O4S/c1-22-20(25)7-4-13-23-21(26)17-8-10-19(11-9-17)29(27,28)24-14-12-16-5-2-3-6-18(16)15-24/h2-3,5-6,8-11H,4,7,12-15H2,1H3,(H,22,25)(H,23,26). The highest BCUT2D eigenvalue weighted by Crippen LogP contribution is 2.25. The van der Waals surface area contributed by atoms with Crippen molar-refractivity contribution in [2.24, 2.45) is 0 Å². The van der Waals surface area contributed by atoms with Crippen LogP contribution in [0.2, 0.25) is 0 Å². The van der Waals surface area contributed by atoms with Crippen LogP contribution in [0.25, 0.3) is 0 Å². The van der Waals surface area contributed by atoms with Crippen LogP contribution >= 0.6 is 0 Å². The molecule has 0 fully saturated rings. The summed E-state index contributed by atoms with van der Waals surface area (Å²) in [6.07, 6.45) is 1.56. The Morgan fingerprint density at radius 3 is 2.41 bits per heavy atom. The van der Waals surface area contributed by atoms with Crippen LogP contribution in [0.1, 0.15) is 34.3 Å². The van der Waals surface area contributed by atoms with Gasteiger partial charge < -0.3 is 10.6 Å². The maximum atomic E-state index is 13.0. The second-order valence-corrected chi connectivity index (χ2v) is 8.85. The molecule has 7 nitrogen and oxygen atoms in total. The fourth-order valence-electron chi connectivity index (χ4n) is 3.28. The minimum atomic E-state index is -3.62. The summed E-state index contributed by atoms with van der Waals surface area (Å²) in [5.74, 6) is -0.369. The normalized spacial score (nSPS) is 14.1. The fraction of sp³-hybridized carbons (Fsp3) is 0.333. The van der Waals surface area contributed by atoms with Gasteiger partial charge in [-0.15, -0.1) is 0 Å².